The van der Waals surface area contributed by atoms with E-state index in [0.717, 1.165) is 10.3 Å². The van der Waals surface area contributed by atoms with Crippen LogP contribution in [-0.4, -0.2) is 5.11 Å². The van der Waals surface area contributed by atoms with Crippen LogP contribution in [0.1, 0.15) is 5.56 Å². The number of benzene rings is 1. The predicted octanol–water partition coefficient (Wildman–Crippen LogP) is 3.48. The molecule has 13 heavy (non-hydrogen) atoms. The van der Waals surface area contributed by atoms with Crippen molar-refractivity contribution in [2.75, 3.05) is 0 Å². The Morgan fingerprint density at radius 3 is 2.92 bits per heavy atom. The van der Waals surface area contributed by atoms with Crippen LogP contribution >= 0.6 is 22.9 Å². The number of aromatic hydroxyl groups is 1. The van der Waals surface area contributed by atoms with E-state index in [-0.39, 0.29) is 11.6 Å². The van der Waals surface area contributed by atoms with Gasteiger partial charge in [-0.2, -0.15) is 0 Å². The molecule has 0 radical (unpaired) electrons. The lowest BCUT2D eigenvalue weighted by Gasteiger charge is -1.97. The third-order valence-electron chi connectivity index (χ3n) is 1.82. The average molecular weight is 217 g/mol. The average Bonchev–Trinajstić information content (AvgIpc) is 2.48. The normalized spacial score (nSPS) is 10.9. The van der Waals surface area contributed by atoms with E-state index < -0.39 is 5.82 Å². The summed E-state index contributed by atoms with van der Waals surface area (Å²) in [6.07, 6.45) is 0. The molecule has 1 N–H and O–H groups in total. The first-order chi connectivity index (χ1) is 6.22. The van der Waals surface area contributed by atoms with Crippen molar-refractivity contribution in [2.24, 2.45) is 0 Å². The molecule has 0 aliphatic carbocycles. The van der Waals surface area contributed by atoms with Gasteiger partial charge in [0.1, 0.15) is 11.6 Å². The van der Waals surface area contributed by atoms with Crippen molar-refractivity contribution in [3.8, 4) is 5.75 Å². The van der Waals surface area contributed by atoms with E-state index in [1.807, 2.05) is 0 Å². The van der Waals surface area contributed by atoms with Crippen LogP contribution in [0.2, 0.25) is 0 Å². The number of rotatable bonds is 1. The monoisotopic (exact) mass is 216 g/mol. The smallest absolute Gasteiger partial charge is 0.137 e. The van der Waals surface area contributed by atoms with Gasteiger partial charge in [-0.25, -0.2) is 4.39 Å². The van der Waals surface area contributed by atoms with Gasteiger partial charge >= 0.3 is 0 Å². The van der Waals surface area contributed by atoms with Gasteiger partial charge in [0, 0.05) is 16.0 Å². The summed E-state index contributed by atoms with van der Waals surface area (Å²) >= 11 is 6.89. The van der Waals surface area contributed by atoms with Gasteiger partial charge in [0.25, 0.3) is 0 Å². The lowest BCUT2D eigenvalue weighted by atomic mass is 10.2. The molecule has 2 aromatic rings. The zero-order chi connectivity index (χ0) is 9.42. The fourth-order valence-corrected chi connectivity index (χ4v) is 2.28. The topological polar surface area (TPSA) is 20.2 Å². The first-order valence-corrected chi connectivity index (χ1v) is 5.08. The highest BCUT2D eigenvalue weighted by molar-refractivity contribution is 7.17. The molecule has 0 saturated carbocycles. The summed E-state index contributed by atoms with van der Waals surface area (Å²) in [6.45, 7) is 0. The van der Waals surface area contributed by atoms with Crippen molar-refractivity contribution in [3.05, 3.63) is 28.9 Å². The lowest BCUT2D eigenvalue weighted by molar-refractivity contribution is 0.480. The maximum Gasteiger partial charge on any atom is 0.137 e. The first kappa shape index (κ1) is 8.78. The van der Waals surface area contributed by atoms with Crippen LogP contribution in [0.3, 0.4) is 0 Å². The van der Waals surface area contributed by atoms with Crippen LogP contribution in [0.4, 0.5) is 4.39 Å². The predicted molar refractivity (Wildman–Crippen MR) is 53.0 cm³/mol. The standard InChI is InChI=1S/C9H6ClFOS/c10-3-5-1-6(11)9-7(12)4-13-8(9)2-5/h1-2,4,12H,3H2. The highest BCUT2D eigenvalue weighted by Crippen LogP contribution is 2.34. The Labute approximate surface area is 83.4 Å². The van der Waals surface area contributed by atoms with E-state index in [4.69, 9.17) is 11.6 Å². The molecule has 0 bridgehead atoms. The second-order valence-corrected chi connectivity index (χ2v) is 3.88. The molecular formula is C9H6ClFOS. The molecule has 0 saturated heterocycles. The largest absolute Gasteiger partial charge is 0.506 e. The van der Waals surface area contributed by atoms with E-state index in [2.05, 4.69) is 0 Å². The number of fused-ring (bicyclic) bond motifs is 1. The Morgan fingerprint density at radius 2 is 2.23 bits per heavy atom. The molecule has 68 valence electrons. The third kappa shape index (κ3) is 1.38. The molecule has 0 amide bonds. The van der Waals surface area contributed by atoms with Gasteiger partial charge in [0.05, 0.1) is 5.39 Å². The van der Waals surface area contributed by atoms with Crippen molar-refractivity contribution < 1.29 is 9.50 Å². The minimum Gasteiger partial charge on any atom is -0.506 e. The zero-order valence-corrected chi connectivity index (χ0v) is 8.12. The lowest BCUT2D eigenvalue weighted by Crippen LogP contribution is -1.81. The Kier molecular flexibility index (Phi) is 2.14. The fourth-order valence-electron chi connectivity index (χ4n) is 1.23. The molecular weight excluding hydrogens is 211 g/mol. The molecule has 0 aliphatic heterocycles. The summed E-state index contributed by atoms with van der Waals surface area (Å²) in [4.78, 5) is 0. The summed E-state index contributed by atoms with van der Waals surface area (Å²) in [5, 5.41) is 11.1. The summed E-state index contributed by atoms with van der Waals surface area (Å²) in [5.74, 6) is -0.128. The molecule has 4 heteroatoms. The van der Waals surface area contributed by atoms with Gasteiger partial charge in [-0.05, 0) is 17.7 Å². The Balaban J connectivity index is 2.79. The number of hydrogen-bond acceptors (Lipinski definition) is 2. The van der Waals surface area contributed by atoms with Crippen LogP contribution in [-0.2, 0) is 5.88 Å². The van der Waals surface area contributed by atoms with Crippen LogP contribution < -0.4 is 0 Å². The molecule has 1 aromatic heterocycles. The van der Waals surface area contributed by atoms with Crippen molar-refractivity contribution in [1.82, 2.24) is 0 Å². The van der Waals surface area contributed by atoms with Gasteiger partial charge in [0.15, 0.2) is 0 Å². The van der Waals surface area contributed by atoms with Crippen LogP contribution in [0.25, 0.3) is 10.1 Å². The molecule has 1 heterocycles. The number of alkyl halides is 1. The summed E-state index contributed by atoms with van der Waals surface area (Å²) in [6, 6.07) is 3.14. The van der Waals surface area contributed by atoms with E-state index in [1.165, 1.54) is 22.8 Å². The number of hydrogen-bond donors (Lipinski definition) is 1. The fraction of sp³-hybridized carbons (Fsp3) is 0.111. The van der Waals surface area contributed by atoms with E-state index in [1.54, 1.807) is 6.07 Å². The minimum atomic E-state index is -0.410. The molecule has 0 atom stereocenters. The second-order valence-electron chi connectivity index (χ2n) is 2.71. The molecule has 0 spiro atoms. The van der Waals surface area contributed by atoms with E-state index in [9.17, 15) is 9.50 Å². The minimum absolute atomic E-state index is 0.00128. The van der Waals surface area contributed by atoms with Crippen molar-refractivity contribution in [2.45, 2.75) is 5.88 Å². The molecule has 2 rings (SSSR count). The maximum atomic E-state index is 13.3. The van der Waals surface area contributed by atoms with Crippen molar-refractivity contribution >= 4 is 33.0 Å². The van der Waals surface area contributed by atoms with Crippen LogP contribution in [0, 0.1) is 5.82 Å². The number of thiophene rings is 1. The van der Waals surface area contributed by atoms with E-state index >= 15 is 0 Å². The molecule has 0 unspecified atom stereocenters. The van der Waals surface area contributed by atoms with Crippen molar-refractivity contribution in [3.63, 3.8) is 0 Å². The highest BCUT2D eigenvalue weighted by atomic mass is 35.5. The Morgan fingerprint density at radius 1 is 1.46 bits per heavy atom. The third-order valence-corrected chi connectivity index (χ3v) is 3.05. The SMILES string of the molecule is Oc1csc2cc(CCl)cc(F)c12. The second kappa shape index (κ2) is 3.16. The van der Waals surface area contributed by atoms with Gasteiger partial charge in [-0.15, -0.1) is 22.9 Å². The first-order valence-electron chi connectivity index (χ1n) is 3.67. The highest BCUT2D eigenvalue weighted by Gasteiger charge is 2.09. The van der Waals surface area contributed by atoms with Crippen LogP contribution in [0.15, 0.2) is 17.5 Å². The Bertz CT molecular complexity index is 452. The van der Waals surface area contributed by atoms with Gasteiger partial charge in [0.2, 0.25) is 0 Å². The van der Waals surface area contributed by atoms with Gasteiger partial charge in [-0.1, -0.05) is 0 Å². The van der Waals surface area contributed by atoms with E-state index in [0.29, 0.717) is 5.39 Å². The van der Waals surface area contributed by atoms with Crippen molar-refractivity contribution in [1.29, 1.82) is 0 Å². The maximum absolute atomic E-state index is 13.3. The zero-order valence-electron chi connectivity index (χ0n) is 6.55. The van der Waals surface area contributed by atoms with Crippen LogP contribution in [0.5, 0.6) is 5.75 Å². The summed E-state index contributed by atoms with van der Waals surface area (Å²) < 4.78 is 14.0. The number of halogens is 2. The summed E-state index contributed by atoms with van der Waals surface area (Å²) in [7, 11) is 0. The Hall–Kier alpha value is -0.800. The van der Waals surface area contributed by atoms with Gasteiger partial charge in [-0.3, -0.25) is 0 Å². The molecule has 0 aliphatic rings. The van der Waals surface area contributed by atoms with Gasteiger partial charge < -0.3 is 5.11 Å². The molecule has 1 nitrogen and oxygen atoms in total. The summed E-state index contributed by atoms with van der Waals surface area (Å²) in [5.41, 5.74) is 0.730. The molecule has 1 aromatic carbocycles. The molecule has 0 fully saturated rings. The quantitative estimate of drug-likeness (QED) is 0.724.